The molecular weight excluding hydrogens is 294 g/mol. The second-order valence-electron chi connectivity index (χ2n) is 5.27. The summed E-state index contributed by atoms with van der Waals surface area (Å²) in [6.45, 7) is 3.10. The van der Waals surface area contributed by atoms with E-state index < -0.39 is 6.09 Å². The van der Waals surface area contributed by atoms with Crippen LogP contribution >= 0.6 is 0 Å². The van der Waals surface area contributed by atoms with Gasteiger partial charge < -0.3 is 19.9 Å². The van der Waals surface area contributed by atoms with Gasteiger partial charge in [0.2, 0.25) is 0 Å². The normalized spacial score (nSPS) is 16.1. The van der Waals surface area contributed by atoms with Crippen LogP contribution in [0.2, 0.25) is 0 Å². The average molecular weight is 313 g/mol. The van der Waals surface area contributed by atoms with Gasteiger partial charge in [-0.2, -0.15) is 0 Å². The Hall–Kier alpha value is -2.69. The summed E-state index contributed by atoms with van der Waals surface area (Å²) in [6, 6.07) is 13.8. The summed E-state index contributed by atoms with van der Waals surface area (Å²) in [4.78, 5) is 11.0. The number of carbonyl (C=O) groups excluding carboxylic acids is 1. The van der Waals surface area contributed by atoms with Crippen molar-refractivity contribution in [3.63, 3.8) is 0 Å². The Balaban J connectivity index is 1.86. The summed E-state index contributed by atoms with van der Waals surface area (Å²) in [6.07, 6.45) is -0.498. The molecule has 1 atom stereocenters. The van der Waals surface area contributed by atoms with Gasteiger partial charge in [0, 0.05) is 12.0 Å². The standard InChI is InChI=1S/C18H19NO4/c1-2-21-14-6-3-12(4-7-14)13-5-8-15-16(23-18(19)20)9-10-22-17(15)11-13/h3-8,11,16H,2,9-10H2,1H3,(H2,19,20). The third kappa shape index (κ3) is 3.39. The zero-order valence-corrected chi connectivity index (χ0v) is 13.0. The van der Waals surface area contributed by atoms with Crippen molar-refractivity contribution in [3.05, 3.63) is 48.0 Å². The second kappa shape index (κ2) is 6.60. The SMILES string of the molecule is CCOc1ccc(-c2ccc3c(c2)OCCC3OC(N)=O)cc1. The minimum Gasteiger partial charge on any atom is -0.494 e. The minimum atomic E-state index is -0.765. The number of rotatable bonds is 4. The maximum Gasteiger partial charge on any atom is 0.405 e. The van der Waals surface area contributed by atoms with Crippen LogP contribution in [0.3, 0.4) is 0 Å². The predicted molar refractivity (Wildman–Crippen MR) is 86.6 cm³/mol. The van der Waals surface area contributed by atoms with Crippen LogP contribution in [0.15, 0.2) is 42.5 Å². The van der Waals surface area contributed by atoms with Crippen molar-refractivity contribution in [1.82, 2.24) is 0 Å². The first-order valence-corrected chi connectivity index (χ1v) is 7.63. The molecule has 2 aromatic rings. The molecular formula is C18H19NO4. The van der Waals surface area contributed by atoms with E-state index in [9.17, 15) is 4.79 Å². The van der Waals surface area contributed by atoms with Crippen LogP contribution in [-0.2, 0) is 4.74 Å². The number of nitrogens with two attached hydrogens (primary N) is 1. The monoisotopic (exact) mass is 313 g/mol. The van der Waals surface area contributed by atoms with Crippen LogP contribution in [0.25, 0.3) is 11.1 Å². The summed E-state index contributed by atoms with van der Waals surface area (Å²) in [7, 11) is 0. The Morgan fingerprint density at radius 1 is 1.22 bits per heavy atom. The van der Waals surface area contributed by atoms with Gasteiger partial charge in [-0.15, -0.1) is 0 Å². The summed E-state index contributed by atoms with van der Waals surface area (Å²) in [5, 5.41) is 0. The van der Waals surface area contributed by atoms with Crippen LogP contribution in [0, 0.1) is 0 Å². The van der Waals surface area contributed by atoms with E-state index in [2.05, 4.69) is 0 Å². The zero-order chi connectivity index (χ0) is 16.2. The van der Waals surface area contributed by atoms with Gasteiger partial charge in [0.25, 0.3) is 0 Å². The van der Waals surface area contributed by atoms with Gasteiger partial charge >= 0.3 is 6.09 Å². The largest absolute Gasteiger partial charge is 0.494 e. The van der Waals surface area contributed by atoms with Crippen LogP contribution in [0.5, 0.6) is 11.5 Å². The molecule has 1 aliphatic heterocycles. The number of benzene rings is 2. The van der Waals surface area contributed by atoms with E-state index >= 15 is 0 Å². The number of carbonyl (C=O) groups is 1. The molecule has 0 radical (unpaired) electrons. The Kier molecular flexibility index (Phi) is 4.37. The number of hydrogen-bond donors (Lipinski definition) is 1. The van der Waals surface area contributed by atoms with Crippen LogP contribution in [-0.4, -0.2) is 19.3 Å². The second-order valence-corrected chi connectivity index (χ2v) is 5.27. The van der Waals surface area contributed by atoms with Crippen molar-refractivity contribution in [1.29, 1.82) is 0 Å². The molecule has 0 saturated heterocycles. The van der Waals surface area contributed by atoms with Crippen molar-refractivity contribution >= 4 is 6.09 Å². The smallest absolute Gasteiger partial charge is 0.405 e. The minimum absolute atomic E-state index is 0.342. The van der Waals surface area contributed by atoms with Crippen LogP contribution in [0.1, 0.15) is 25.0 Å². The molecule has 1 unspecified atom stereocenters. The van der Waals surface area contributed by atoms with Crippen LogP contribution in [0.4, 0.5) is 4.79 Å². The lowest BCUT2D eigenvalue weighted by Crippen LogP contribution is -2.22. The molecule has 2 aromatic carbocycles. The van der Waals surface area contributed by atoms with E-state index in [1.165, 1.54) is 0 Å². The highest BCUT2D eigenvalue weighted by molar-refractivity contribution is 5.68. The van der Waals surface area contributed by atoms with Gasteiger partial charge in [-0.25, -0.2) is 4.79 Å². The summed E-state index contributed by atoms with van der Waals surface area (Å²) >= 11 is 0. The lowest BCUT2D eigenvalue weighted by atomic mass is 9.98. The molecule has 23 heavy (non-hydrogen) atoms. The van der Waals surface area contributed by atoms with E-state index in [0.717, 1.165) is 28.2 Å². The number of hydrogen-bond acceptors (Lipinski definition) is 4. The van der Waals surface area contributed by atoms with Crippen molar-refractivity contribution in [2.75, 3.05) is 13.2 Å². The summed E-state index contributed by atoms with van der Waals surface area (Å²) in [5.41, 5.74) is 8.08. The molecule has 1 heterocycles. The Morgan fingerprint density at radius 2 is 1.96 bits per heavy atom. The molecule has 0 aromatic heterocycles. The Morgan fingerprint density at radius 3 is 2.65 bits per heavy atom. The first-order valence-electron chi connectivity index (χ1n) is 7.63. The van der Waals surface area contributed by atoms with Crippen LogP contribution < -0.4 is 15.2 Å². The predicted octanol–water partition coefficient (Wildman–Crippen LogP) is 3.67. The maximum absolute atomic E-state index is 11.0. The first kappa shape index (κ1) is 15.2. The van der Waals surface area contributed by atoms with Gasteiger partial charge in [-0.1, -0.05) is 24.3 Å². The van der Waals surface area contributed by atoms with E-state index in [0.29, 0.717) is 19.6 Å². The highest BCUT2D eigenvalue weighted by atomic mass is 16.6. The van der Waals surface area contributed by atoms with Crippen molar-refractivity contribution in [2.24, 2.45) is 5.73 Å². The van der Waals surface area contributed by atoms with Gasteiger partial charge in [0.15, 0.2) is 0 Å². The molecule has 5 heteroatoms. The van der Waals surface area contributed by atoms with Gasteiger partial charge in [0.1, 0.15) is 17.6 Å². The molecule has 1 amide bonds. The maximum atomic E-state index is 11.0. The quantitative estimate of drug-likeness (QED) is 0.935. The van der Waals surface area contributed by atoms with E-state index in [1.807, 2.05) is 49.4 Å². The first-order chi connectivity index (χ1) is 11.2. The summed E-state index contributed by atoms with van der Waals surface area (Å²) in [5.74, 6) is 1.58. The molecule has 0 aliphatic carbocycles. The molecule has 3 rings (SSSR count). The number of ether oxygens (including phenoxy) is 3. The van der Waals surface area contributed by atoms with Crippen molar-refractivity contribution in [3.8, 4) is 22.6 Å². The lowest BCUT2D eigenvalue weighted by Gasteiger charge is -2.25. The molecule has 0 fully saturated rings. The highest BCUT2D eigenvalue weighted by Gasteiger charge is 2.24. The fraction of sp³-hybridized carbons (Fsp3) is 0.278. The fourth-order valence-corrected chi connectivity index (χ4v) is 2.71. The van der Waals surface area contributed by atoms with Gasteiger partial charge in [-0.05, 0) is 36.2 Å². The Labute approximate surface area is 135 Å². The van der Waals surface area contributed by atoms with E-state index in [-0.39, 0.29) is 6.10 Å². The molecule has 5 nitrogen and oxygen atoms in total. The Bertz CT molecular complexity index is 697. The fourth-order valence-electron chi connectivity index (χ4n) is 2.71. The molecule has 0 saturated carbocycles. The van der Waals surface area contributed by atoms with Crippen molar-refractivity contribution < 1.29 is 19.0 Å². The molecule has 1 aliphatic rings. The highest BCUT2D eigenvalue weighted by Crippen LogP contribution is 2.37. The number of primary amides is 1. The van der Waals surface area contributed by atoms with E-state index in [4.69, 9.17) is 19.9 Å². The van der Waals surface area contributed by atoms with Crippen molar-refractivity contribution in [2.45, 2.75) is 19.4 Å². The topological polar surface area (TPSA) is 70.8 Å². The van der Waals surface area contributed by atoms with E-state index in [1.54, 1.807) is 0 Å². The third-order valence-electron chi connectivity index (χ3n) is 3.76. The number of amides is 1. The lowest BCUT2D eigenvalue weighted by molar-refractivity contribution is 0.0766. The zero-order valence-electron chi connectivity index (χ0n) is 13.0. The number of fused-ring (bicyclic) bond motifs is 1. The molecule has 2 N–H and O–H groups in total. The molecule has 120 valence electrons. The molecule has 0 bridgehead atoms. The average Bonchev–Trinajstić information content (AvgIpc) is 2.55. The van der Waals surface area contributed by atoms with Gasteiger partial charge in [0.05, 0.1) is 13.2 Å². The molecule has 0 spiro atoms. The third-order valence-corrected chi connectivity index (χ3v) is 3.76. The summed E-state index contributed by atoms with van der Waals surface area (Å²) < 4.78 is 16.3. The van der Waals surface area contributed by atoms with Gasteiger partial charge in [-0.3, -0.25) is 0 Å².